The molecule has 1 saturated heterocycles. The molecule has 3 fully saturated rings. The number of nitrogens with zero attached hydrogens (tertiary/aromatic N) is 1. The smallest absolute Gasteiger partial charge is 0.233 e. The molecule has 0 aromatic heterocycles. The second-order valence-electron chi connectivity index (χ2n) is 5.58. The van der Waals surface area contributed by atoms with Crippen molar-refractivity contribution in [2.24, 2.45) is 17.3 Å². The van der Waals surface area contributed by atoms with Gasteiger partial charge >= 0.3 is 0 Å². The van der Waals surface area contributed by atoms with Gasteiger partial charge in [0.05, 0.1) is 18.4 Å². The summed E-state index contributed by atoms with van der Waals surface area (Å²) >= 11 is 0. The Balaban J connectivity index is 1.74. The lowest BCUT2D eigenvalue weighted by Gasteiger charge is -2.31. The first-order valence-corrected chi connectivity index (χ1v) is 6.13. The number of rotatable bonds is 3. The van der Waals surface area contributed by atoms with Gasteiger partial charge in [-0.25, -0.2) is 0 Å². The van der Waals surface area contributed by atoms with Gasteiger partial charge in [-0.15, -0.1) is 0 Å². The van der Waals surface area contributed by atoms with E-state index in [0.29, 0.717) is 6.54 Å². The molecule has 3 rings (SSSR count). The van der Waals surface area contributed by atoms with E-state index in [0.717, 1.165) is 32.1 Å². The van der Waals surface area contributed by atoms with Gasteiger partial charge in [0.15, 0.2) is 0 Å². The first-order chi connectivity index (χ1) is 7.67. The molecule has 4 nitrogen and oxygen atoms in total. The van der Waals surface area contributed by atoms with Crippen molar-refractivity contribution in [1.82, 2.24) is 4.90 Å². The SMILES string of the molecule is O=C1C2CC2C(=O)N1CC1(CO)CCCC1. The average molecular weight is 223 g/mol. The van der Waals surface area contributed by atoms with Gasteiger partial charge in [-0.05, 0) is 19.3 Å². The Morgan fingerprint density at radius 2 is 1.75 bits per heavy atom. The van der Waals surface area contributed by atoms with E-state index in [-0.39, 0.29) is 35.7 Å². The molecule has 2 saturated carbocycles. The maximum absolute atomic E-state index is 11.8. The van der Waals surface area contributed by atoms with E-state index in [1.807, 2.05) is 0 Å². The van der Waals surface area contributed by atoms with Crippen LogP contribution in [-0.4, -0.2) is 35.0 Å². The van der Waals surface area contributed by atoms with Crippen molar-refractivity contribution in [3.63, 3.8) is 0 Å². The summed E-state index contributed by atoms with van der Waals surface area (Å²) in [6.07, 6.45) is 4.85. The molecule has 16 heavy (non-hydrogen) atoms. The van der Waals surface area contributed by atoms with Crippen molar-refractivity contribution in [2.75, 3.05) is 13.2 Å². The van der Waals surface area contributed by atoms with E-state index in [1.54, 1.807) is 0 Å². The van der Waals surface area contributed by atoms with E-state index < -0.39 is 0 Å². The first kappa shape index (κ1) is 10.3. The number of hydrogen-bond acceptors (Lipinski definition) is 3. The minimum atomic E-state index is -0.192. The van der Waals surface area contributed by atoms with Crippen LogP contribution in [0.4, 0.5) is 0 Å². The minimum Gasteiger partial charge on any atom is -0.396 e. The van der Waals surface area contributed by atoms with Crippen molar-refractivity contribution in [1.29, 1.82) is 0 Å². The van der Waals surface area contributed by atoms with Crippen LogP contribution < -0.4 is 0 Å². The molecule has 2 aliphatic carbocycles. The lowest BCUT2D eigenvalue weighted by atomic mass is 9.86. The molecule has 88 valence electrons. The Kier molecular flexibility index (Phi) is 2.11. The highest BCUT2D eigenvalue weighted by Gasteiger charge is 2.59. The Labute approximate surface area is 94.6 Å². The predicted octanol–water partition coefficient (Wildman–Crippen LogP) is 0.544. The van der Waals surface area contributed by atoms with Gasteiger partial charge in [-0.2, -0.15) is 0 Å². The predicted molar refractivity (Wildman–Crippen MR) is 56.3 cm³/mol. The summed E-state index contributed by atoms with van der Waals surface area (Å²) in [6, 6.07) is 0. The highest BCUT2D eigenvalue weighted by Crippen LogP contribution is 2.49. The van der Waals surface area contributed by atoms with Crippen molar-refractivity contribution < 1.29 is 14.7 Å². The fraction of sp³-hybridized carbons (Fsp3) is 0.833. The van der Waals surface area contributed by atoms with Gasteiger partial charge in [-0.3, -0.25) is 14.5 Å². The molecule has 4 heteroatoms. The molecular formula is C12H17NO3. The standard InChI is InChI=1S/C12H17NO3/c14-7-12(3-1-2-4-12)6-13-10(15)8-5-9(8)11(13)16/h8-9,14H,1-7H2. The zero-order chi connectivity index (χ0) is 11.3. The molecule has 2 amide bonds. The molecule has 1 aliphatic heterocycles. The third-order valence-corrected chi connectivity index (χ3v) is 4.45. The second kappa shape index (κ2) is 3.29. The van der Waals surface area contributed by atoms with Gasteiger partial charge in [0, 0.05) is 12.0 Å². The van der Waals surface area contributed by atoms with Crippen LogP contribution in [0, 0.1) is 17.3 Å². The normalized spacial score (nSPS) is 35.7. The number of hydrogen-bond donors (Lipinski definition) is 1. The Morgan fingerprint density at radius 3 is 2.25 bits per heavy atom. The van der Waals surface area contributed by atoms with E-state index in [9.17, 15) is 14.7 Å². The third kappa shape index (κ3) is 1.32. The highest BCUT2D eigenvalue weighted by molar-refractivity contribution is 6.08. The van der Waals surface area contributed by atoms with E-state index in [4.69, 9.17) is 0 Å². The lowest BCUT2D eigenvalue weighted by molar-refractivity contribution is -0.143. The number of amides is 2. The van der Waals surface area contributed by atoms with Gasteiger partial charge in [0.1, 0.15) is 0 Å². The average Bonchev–Trinajstić information content (AvgIpc) is 2.90. The number of carbonyl (C=O) groups excluding carboxylic acids is 2. The molecule has 1 heterocycles. The third-order valence-electron chi connectivity index (χ3n) is 4.45. The molecule has 2 unspecified atom stereocenters. The summed E-state index contributed by atoms with van der Waals surface area (Å²) in [4.78, 5) is 25.1. The summed E-state index contributed by atoms with van der Waals surface area (Å²) in [5.74, 6) is -0.00116. The van der Waals surface area contributed by atoms with Crippen LogP contribution in [0.25, 0.3) is 0 Å². The quantitative estimate of drug-likeness (QED) is 0.711. The summed E-state index contributed by atoms with van der Waals surface area (Å²) in [6.45, 7) is 0.549. The van der Waals surface area contributed by atoms with Gasteiger partial charge in [-0.1, -0.05) is 12.8 Å². The molecule has 0 aromatic carbocycles. The molecular weight excluding hydrogens is 206 g/mol. The maximum Gasteiger partial charge on any atom is 0.233 e. The van der Waals surface area contributed by atoms with Crippen LogP contribution >= 0.6 is 0 Å². The molecule has 3 aliphatic rings. The number of piperidine rings is 1. The number of carbonyl (C=O) groups is 2. The second-order valence-corrected chi connectivity index (χ2v) is 5.58. The molecule has 2 atom stereocenters. The van der Waals surface area contributed by atoms with Gasteiger partial charge in [0.2, 0.25) is 11.8 Å². The minimum absolute atomic E-state index is 0.00900. The summed E-state index contributed by atoms with van der Waals surface area (Å²) < 4.78 is 0. The largest absolute Gasteiger partial charge is 0.396 e. The zero-order valence-electron chi connectivity index (χ0n) is 9.32. The number of likely N-dealkylation sites (tertiary alicyclic amines) is 1. The number of aliphatic hydroxyl groups is 1. The monoisotopic (exact) mass is 223 g/mol. The van der Waals surface area contributed by atoms with Crippen LogP contribution in [0.5, 0.6) is 0 Å². The zero-order valence-corrected chi connectivity index (χ0v) is 9.32. The topological polar surface area (TPSA) is 57.6 Å². The van der Waals surface area contributed by atoms with Crippen LogP contribution in [0.15, 0.2) is 0 Å². The highest BCUT2D eigenvalue weighted by atomic mass is 16.3. The van der Waals surface area contributed by atoms with Crippen LogP contribution in [0.3, 0.4) is 0 Å². The summed E-state index contributed by atoms with van der Waals surface area (Å²) in [7, 11) is 0. The van der Waals surface area contributed by atoms with E-state index in [2.05, 4.69) is 0 Å². The van der Waals surface area contributed by atoms with Gasteiger partial charge in [0.25, 0.3) is 0 Å². The maximum atomic E-state index is 11.8. The Bertz CT molecular complexity index is 326. The van der Waals surface area contributed by atoms with Crippen molar-refractivity contribution >= 4 is 11.8 Å². The fourth-order valence-corrected chi connectivity index (χ4v) is 3.23. The number of aliphatic hydroxyl groups excluding tert-OH is 1. The number of imide groups is 1. The molecule has 0 spiro atoms. The molecule has 0 aromatic rings. The molecule has 0 bridgehead atoms. The summed E-state index contributed by atoms with van der Waals surface area (Å²) in [5, 5.41) is 9.48. The molecule has 1 N–H and O–H groups in total. The van der Waals surface area contributed by atoms with E-state index in [1.165, 1.54) is 4.90 Å². The fourth-order valence-electron chi connectivity index (χ4n) is 3.23. The van der Waals surface area contributed by atoms with Gasteiger partial charge < -0.3 is 5.11 Å². The van der Waals surface area contributed by atoms with Crippen molar-refractivity contribution in [3.8, 4) is 0 Å². The van der Waals surface area contributed by atoms with Crippen LogP contribution in [0.2, 0.25) is 0 Å². The number of fused-ring (bicyclic) bond motifs is 1. The van der Waals surface area contributed by atoms with Crippen LogP contribution in [-0.2, 0) is 9.59 Å². The van der Waals surface area contributed by atoms with Crippen molar-refractivity contribution in [3.05, 3.63) is 0 Å². The van der Waals surface area contributed by atoms with E-state index >= 15 is 0 Å². The van der Waals surface area contributed by atoms with Crippen LogP contribution in [0.1, 0.15) is 32.1 Å². The summed E-state index contributed by atoms with van der Waals surface area (Å²) in [5.41, 5.74) is -0.192. The van der Waals surface area contributed by atoms with Crippen molar-refractivity contribution in [2.45, 2.75) is 32.1 Å². The lowest BCUT2D eigenvalue weighted by Crippen LogP contribution is -2.43. The molecule has 0 radical (unpaired) electrons. The Hall–Kier alpha value is -0.900. The Morgan fingerprint density at radius 1 is 1.19 bits per heavy atom. The first-order valence-electron chi connectivity index (χ1n) is 6.13.